The van der Waals surface area contributed by atoms with Crippen LogP contribution < -0.4 is 31.2 Å². The molecule has 16 nitrogen and oxygen atoms in total. The molecule has 2 fully saturated rings. The molecule has 0 saturated carbocycles. The maximum Gasteiger partial charge on any atom is 0.420 e. The predicted molar refractivity (Wildman–Crippen MR) is 272 cm³/mol. The molecule has 2 aliphatic rings. The Labute approximate surface area is 425 Å². The van der Waals surface area contributed by atoms with Gasteiger partial charge in [0.25, 0.3) is 20.0 Å². The van der Waals surface area contributed by atoms with Crippen LogP contribution in [0.1, 0.15) is 75.6 Å². The highest BCUT2D eigenvalue weighted by Gasteiger charge is 2.28. The number of piperidine rings is 2. The number of halogens is 5. The average molecular weight is 1110 g/mol. The van der Waals surface area contributed by atoms with E-state index >= 15 is 4.39 Å². The van der Waals surface area contributed by atoms with Gasteiger partial charge in [0.15, 0.2) is 11.2 Å². The molecule has 8 aromatic rings. The third-order valence-corrected chi connectivity index (χ3v) is 15.7. The number of nitrogens with zero attached hydrogens (tertiary/aromatic N) is 5. The van der Waals surface area contributed by atoms with E-state index in [0.717, 1.165) is 83.6 Å². The van der Waals surface area contributed by atoms with Gasteiger partial charge in [-0.3, -0.25) is 18.6 Å². The molecule has 2 atom stereocenters. The van der Waals surface area contributed by atoms with Crippen LogP contribution in [-0.2, 0) is 20.0 Å². The zero-order valence-corrected chi connectivity index (χ0v) is 42.5. The Bertz CT molecular complexity index is 3630. The number of nitrogens with one attached hydrogen (secondary N) is 3. The number of rotatable bonds is 11. The topological polar surface area (TPSA) is 204 Å². The van der Waals surface area contributed by atoms with Crippen molar-refractivity contribution in [3.63, 3.8) is 0 Å². The van der Waals surface area contributed by atoms with E-state index in [9.17, 15) is 39.6 Å². The molecule has 10 rings (SSSR count). The monoisotopic (exact) mass is 1110 g/mol. The molecule has 3 N–H and O–H groups in total. The normalized spacial score (nSPS) is 14.9. The van der Waals surface area contributed by atoms with Gasteiger partial charge >= 0.3 is 11.5 Å². The summed E-state index contributed by atoms with van der Waals surface area (Å²) in [5.74, 6) is -6.12. The van der Waals surface area contributed by atoms with Crippen LogP contribution >= 0.6 is 15.9 Å². The lowest BCUT2D eigenvalue weighted by atomic mass is 10.0. The van der Waals surface area contributed by atoms with E-state index in [0.29, 0.717) is 0 Å². The Hall–Kier alpha value is -6.82. The highest BCUT2D eigenvalue weighted by molar-refractivity contribution is 9.10. The quantitative estimate of drug-likeness (QED) is 0.0818. The summed E-state index contributed by atoms with van der Waals surface area (Å²) in [7, 11) is -8.95. The predicted octanol–water partition coefficient (Wildman–Crippen LogP) is 9.87. The first-order valence-corrected chi connectivity index (χ1v) is 27.0. The smallest absolute Gasteiger partial charge is 0.408 e. The van der Waals surface area contributed by atoms with Crippen molar-refractivity contribution in [2.75, 3.05) is 40.5 Å². The molecule has 0 radical (unpaired) electrons. The van der Waals surface area contributed by atoms with Crippen LogP contribution in [0.15, 0.2) is 142 Å². The fourth-order valence-electron chi connectivity index (χ4n) is 8.69. The Morgan fingerprint density at radius 3 is 1.49 bits per heavy atom. The minimum atomic E-state index is -4.48. The molecule has 0 unspecified atom stereocenters. The first-order chi connectivity index (χ1) is 34.9. The Morgan fingerprint density at radius 2 is 1.04 bits per heavy atom. The molecule has 0 amide bonds. The van der Waals surface area contributed by atoms with E-state index in [1.165, 1.54) is 72.2 Å². The number of fused-ring (bicyclic) bond motifs is 2. The summed E-state index contributed by atoms with van der Waals surface area (Å²) >= 11 is 3.42. The second-order valence-corrected chi connectivity index (χ2v) is 21.3. The maximum absolute atomic E-state index is 15.1. The van der Waals surface area contributed by atoms with Crippen molar-refractivity contribution in [3.8, 4) is 0 Å². The van der Waals surface area contributed by atoms with Crippen molar-refractivity contribution < 1.29 is 43.2 Å². The van der Waals surface area contributed by atoms with Crippen LogP contribution in [0, 0.1) is 23.5 Å². The van der Waals surface area contributed by atoms with Crippen molar-refractivity contribution in [2.24, 2.45) is 0 Å². The van der Waals surface area contributed by atoms with Gasteiger partial charge in [-0.1, -0.05) is 70.9 Å². The number of para-hydroxylation sites is 1. The minimum Gasteiger partial charge on any atom is -0.408 e. The molecule has 384 valence electrons. The molecule has 0 aliphatic carbocycles. The molecule has 4 aromatic heterocycles. The summed E-state index contributed by atoms with van der Waals surface area (Å²) in [5, 5.41) is 3.28. The summed E-state index contributed by atoms with van der Waals surface area (Å²) in [4.78, 5) is 33.0. The Kier molecular flexibility index (Phi) is 16.2. The maximum atomic E-state index is 15.1. The van der Waals surface area contributed by atoms with E-state index in [4.69, 9.17) is 8.83 Å². The van der Waals surface area contributed by atoms with Crippen molar-refractivity contribution in [3.05, 3.63) is 169 Å². The zero-order chi connectivity index (χ0) is 52.0. The lowest BCUT2D eigenvalue weighted by molar-refractivity contribution is 0.488. The van der Waals surface area contributed by atoms with Gasteiger partial charge in [-0.05, 0) is 107 Å². The standard InChI is InChI=1S/C25H24F2N4O4S.C20H14BrF2N3O4S.C5H11N/c1-16(17-8-3-4-9-19(17)30-12-5-2-6-13-30)31-20-14-18(26)22(15-21(20)35-25(31)32)36(33,34)29-24-11-7-10-23(27)28-24;1-11(12-5-2-3-6-13(12)21)26-15-9-14(22)17(10-16(15)30-20(26)27)31(28,29)25-19-8-4-7-18(23)24-19;1-2-4-6-5-3-1/h3-4,7-11,14-16H,2,5-6,12-13H2,1H3,(H,28,29);2-11H,1H3,(H,24,25);6H,1-5H2/t16-;11-;/m11./s1. The van der Waals surface area contributed by atoms with E-state index in [1.807, 2.05) is 46.7 Å². The van der Waals surface area contributed by atoms with Gasteiger partial charge in [-0.2, -0.15) is 8.78 Å². The van der Waals surface area contributed by atoms with Gasteiger partial charge in [-0.25, -0.2) is 45.2 Å². The fourth-order valence-corrected chi connectivity index (χ4v) is 11.5. The molecule has 23 heteroatoms. The number of hydrogen-bond donors (Lipinski definition) is 3. The lowest BCUT2D eigenvalue weighted by Crippen LogP contribution is -2.31. The molecule has 0 spiro atoms. The van der Waals surface area contributed by atoms with Crippen molar-refractivity contribution in [1.82, 2.24) is 24.4 Å². The third-order valence-electron chi connectivity index (χ3n) is 12.2. The number of sulfonamides is 2. The fraction of sp³-hybridized carbons (Fsp3) is 0.280. The molecule has 2 aliphatic heterocycles. The summed E-state index contributed by atoms with van der Waals surface area (Å²) < 4.78 is 125. The van der Waals surface area contributed by atoms with Gasteiger partial charge in [-0.15, -0.1) is 0 Å². The lowest BCUT2D eigenvalue weighted by Gasteiger charge is -2.32. The van der Waals surface area contributed by atoms with Crippen LogP contribution in [0.5, 0.6) is 0 Å². The van der Waals surface area contributed by atoms with Crippen molar-refractivity contribution in [1.29, 1.82) is 0 Å². The minimum absolute atomic E-state index is 0.0868. The summed E-state index contributed by atoms with van der Waals surface area (Å²) in [6.07, 6.45) is 7.56. The molecule has 73 heavy (non-hydrogen) atoms. The van der Waals surface area contributed by atoms with Crippen LogP contribution in [0.2, 0.25) is 0 Å². The van der Waals surface area contributed by atoms with E-state index in [2.05, 4.69) is 36.1 Å². The number of pyridine rings is 2. The molecular formula is C50H49BrF4N8O8S2. The highest BCUT2D eigenvalue weighted by Crippen LogP contribution is 2.34. The molecular weight excluding hydrogens is 1060 g/mol. The highest BCUT2D eigenvalue weighted by atomic mass is 79.9. The molecule has 6 heterocycles. The third kappa shape index (κ3) is 12.0. The average Bonchev–Trinajstić information content (AvgIpc) is 3.87. The zero-order valence-electron chi connectivity index (χ0n) is 39.3. The number of benzene rings is 4. The summed E-state index contributed by atoms with van der Waals surface area (Å²) in [6.45, 7) is 7.87. The second-order valence-electron chi connectivity index (χ2n) is 17.2. The van der Waals surface area contributed by atoms with Crippen molar-refractivity contribution >= 4 is 75.5 Å². The van der Waals surface area contributed by atoms with Crippen LogP contribution in [-0.4, -0.2) is 62.1 Å². The first kappa shape index (κ1) is 52.5. The van der Waals surface area contributed by atoms with Gasteiger partial charge in [0.2, 0.25) is 11.9 Å². The number of oxazole rings is 2. The van der Waals surface area contributed by atoms with E-state index < -0.39 is 77.0 Å². The number of aromatic nitrogens is 4. The summed E-state index contributed by atoms with van der Waals surface area (Å²) in [5.41, 5.74) is 2.64. The van der Waals surface area contributed by atoms with Crippen LogP contribution in [0.3, 0.4) is 0 Å². The SMILES string of the molecule is C1CCNCC1.C[C@H](c1ccccc1Br)n1c(=O)oc2cc(S(=O)(=O)Nc3cccc(F)n3)c(F)cc21.C[C@H](c1ccccc1N1CCCCC1)n1c(=O)oc2cc(S(=O)(=O)Nc3cccc(F)n3)c(F)cc21. The Morgan fingerprint density at radius 1 is 0.589 bits per heavy atom. The van der Waals surface area contributed by atoms with E-state index in [1.54, 1.807) is 25.1 Å². The van der Waals surface area contributed by atoms with Crippen LogP contribution in [0.4, 0.5) is 34.9 Å². The Balaban J connectivity index is 0.000000176. The largest absolute Gasteiger partial charge is 0.420 e. The number of hydrogen-bond acceptors (Lipinski definition) is 12. The van der Waals surface area contributed by atoms with Crippen LogP contribution in [0.25, 0.3) is 22.2 Å². The van der Waals surface area contributed by atoms with Crippen molar-refractivity contribution in [2.45, 2.75) is 74.2 Å². The number of anilines is 3. The summed E-state index contributed by atoms with van der Waals surface area (Å²) in [6, 6.07) is 24.7. The second kappa shape index (κ2) is 22.5. The van der Waals surface area contributed by atoms with Gasteiger partial charge in [0.05, 0.1) is 23.1 Å². The molecule has 0 bridgehead atoms. The van der Waals surface area contributed by atoms with Gasteiger partial charge in [0.1, 0.15) is 33.1 Å². The van der Waals surface area contributed by atoms with E-state index in [-0.39, 0.29) is 33.8 Å². The molecule has 2 saturated heterocycles. The molecule has 4 aromatic carbocycles. The van der Waals surface area contributed by atoms with Gasteiger partial charge < -0.3 is 19.1 Å². The van der Waals surface area contributed by atoms with Gasteiger partial charge in [0, 0.05) is 47.5 Å². The first-order valence-electron chi connectivity index (χ1n) is 23.2.